The molecule has 28 heavy (non-hydrogen) atoms. The first-order valence-electron chi connectivity index (χ1n) is 9.68. The van der Waals surface area contributed by atoms with Gasteiger partial charge in [0.2, 0.25) is 10.0 Å². The Bertz CT molecular complexity index is 882. The normalized spacial score (nSPS) is 22.0. The summed E-state index contributed by atoms with van der Waals surface area (Å²) in [5.74, 6) is 0.522. The van der Waals surface area contributed by atoms with E-state index in [1.54, 1.807) is 27.8 Å². The van der Waals surface area contributed by atoms with Gasteiger partial charge in [-0.15, -0.1) is 0 Å². The van der Waals surface area contributed by atoms with Gasteiger partial charge in [-0.25, -0.2) is 8.42 Å². The summed E-state index contributed by atoms with van der Waals surface area (Å²) in [5.41, 5.74) is 1.67. The Kier molecular flexibility index (Phi) is 6.58. The molecule has 0 radical (unpaired) electrons. The Hall–Kier alpha value is -1.70. The van der Waals surface area contributed by atoms with Gasteiger partial charge >= 0.3 is 0 Å². The molecule has 2 heterocycles. The number of rotatable bonds is 6. The first-order valence-corrected chi connectivity index (χ1v) is 12.1. The molecule has 1 N–H and O–H groups in total. The Morgan fingerprint density at radius 3 is 2.39 bits per heavy atom. The molecular formula is C21H28N2O3S2. The van der Waals surface area contributed by atoms with E-state index in [1.807, 2.05) is 12.3 Å². The zero-order valence-electron chi connectivity index (χ0n) is 16.6. The number of sulfonamides is 1. The number of nitrogens with one attached hydrogen (secondary N) is 1. The highest BCUT2D eigenvalue weighted by Crippen LogP contribution is 2.26. The molecule has 2 aromatic rings. The molecule has 0 aliphatic carbocycles. The number of nitrogens with zero attached hydrogens (tertiary/aromatic N) is 1. The average Bonchev–Trinajstić information content (AvgIpc) is 3.13. The Labute approximate surface area is 171 Å². The van der Waals surface area contributed by atoms with Gasteiger partial charge in [0.25, 0.3) is 5.91 Å². The number of hydrogen-bond donors (Lipinski definition) is 1. The summed E-state index contributed by atoms with van der Waals surface area (Å²) in [6.07, 6.45) is 1.82. The average molecular weight is 421 g/mol. The summed E-state index contributed by atoms with van der Waals surface area (Å²) in [5, 5.41) is 7.07. The van der Waals surface area contributed by atoms with Gasteiger partial charge in [0, 0.05) is 24.7 Å². The van der Waals surface area contributed by atoms with E-state index in [0.29, 0.717) is 30.5 Å². The van der Waals surface area contributed by atoms with E-state index in [-0.39, 0.29) is 16.8 Å². The minimum absolute atomic E-state index is 0.00170. The number of hydrogen-bond acceptors (Lipinski definition) is 4. The third-order valence-electron chi connectivity index (χ3n) is 5.09. The zero-order valence-corrected chi connectivity index (χ0v) is 18.2. The molecule has 1 saturated heterocycles. The molecule has 152 valence electrons. The van der Waals surface area contributed by atoms with Crippen molar-refractivity contribution in [1.29, 1.82) is 0 Å². The number of amides is 1. The molecule has 1 aliphatic heterocycles. The van der Waals surface area contributed by atoms with Crippen LogP contribution in [0.3, 0.4) is 0 Å². The second kappa shape index (κ2) is 8.76. The second-order valence-electron chi connectivity index (χ2n) is 8.00. The van der Waals surface area contributed by atoms with Crippen LogP contribution in [0, 0.1) is 11.8 Å². The minimum Gasteiger partial charge on any atom is -0.349 e. The van der Waals surface area contributed by atoms with Crippen LogP contribution in [-0.2, 0) is 16.4 Å². The van der Waals surface area contributed by atoms with Gasteiger partial charge < -0.3 is 5.32 Å². The Morgan fingerprint density at radius 2 is 1.82 bits per heavy atom. The quantitative estimate of drug-likeness (QED) is 0.773. The molecule has 3 atom stereocenters. The highest BCUT2D eigenvalue weighted by atomic mass is 32.2. The van der Waals surface area contributed by atoms with Gasteiger partial charge in [-0.2, -0.15) is 15.6 Å². The molecular weight excluding hydrogens is 392 g/mol. The maximum atomic E-state index is 12.9. The van der Waals surface area contributed by atoms with Gasteiger partial charge in [0.15, 0.2) is 0 Å². The van der Waals surface area contributed by atoms with Crippen LogP contribution in [0.4, 0.5) is 0 Å². The largest absolute Gasteiger partial charge is 0.349 e. The van der Waals surface area contributed by atoms with Crippen LogP contribution in [0.2, 0.25) is 0 Å². The first kappa shape index (κ1) is 21.0. The molecule has 1 fully saturated rings. The van der Waals surface area contributed by atoms with E-state index in [4.69, 9.17) is 0 Å². The molecule has 7 heteroatoms. The highest BCUT2D eigenvalue weighted by Gasteiger charge is 2.31. The lowest BCUT2D eigenvalue weighted by molar-refractivity contribution is 0.0940. The standard InChI is InChI=1S/C21H28N2O3S2/c1-15-10-16(2)13-23(12-15)28(25,26)20-6-4-19(5-7-20)21(24)22-17(3)11-18-8-9-27-14-18/h4-9,14-17H,10-13H2,1-3H3,(H,22,24). The maximum absolute atomic E-state index is 12.9. The molecule has 0 bridgehead atoms. The monoisotopic (exact) mass is 420 g/mol. The predicted molar refractivity (Wildman–Crippen MR) is 113 cm³/mol. The van der Waals surface area contributed by atoms with Crippen LogP contribution < -0.4 is 5.32 Å². The smallest absolute Gasteiger partial charge is 0.251 e. The lowest BCUT2D eigenvalue weighted by Crippen LogP contribution is -2.42. The van der Waals surface area contributed by atoms with Crippen molar-refractivity contribution in [3.8, 4) is 0 Å². The van der Waals surface area contributed by atoms with E-state index in [2.05, 4.69) is 30.6 Å². The van der Waals surface area contributed by atoms with Crippen LogP contribution in [0.1, 0.15) is 43.1 Å². The first-order chi connectivity index (χ1) is 13.3. The summed E-state index contributed by atoms with van der Waals surface area (Å²) < 4.78 is 27.5. The fourth-order valence-electron chi connectivity index (χ4n) is 3.85. The van der Waals surface area contributed by atoms with Crippen molar-refractivity contribution in [2.24, 2.45) is 11.8 Å². The molecule has 0 spiro atoms. The van der Waals surface area contributed by atoms with Crippen LogP contribution in [-0.4, -0.2) is 37.8 Å². The minimum atomic E-state index is -3.52. The third-order valence-corrected chi connectivity index (χ3v) is 7.67. The van der Waals surface area contributed by atoms with Gasteiger partial charge in [-0.3, -0.25) is 4.79 Å². The van der Waals surface area contributed by atoms with Crippen LogP contribution in [0.5, 0.6) is 0 Å². The highest BCUT2D eigenvalue weighted by molar-refractivity contribution is 7.89. The molecule has 5 nitrogen and oxygen atoms in total. The van der Waals surface area contributed by atoms with E-state index in [1.165, 1.54) is 17.7 Å². The van der Waals surface area contributed by atoms with Gasteiger partial charge in [-0.05, 0) is 78.3 Å². The molecule has 3 unspecified atom stereocenters. The molecule has 1 aliphatic rings. The second-order valence-corrected chi connectivity index (χ2v) is 10.7. The van der Waals surface area contributed by atoms with Crippen molar-refractivity contribution in [3.63, 3.8) is 0 Å². The van der Waals surface area contributed by atoms with Gasteiger partial charge in [0.1, 0.15) is 0 Å². The van der Waals surface area contributed by atoms with E-state index in [9.17, 15) is 13.2 Å². The van der Waals surface area contributed by atoms with Gasteiger partial charge in [0.05, 0.1) is 4.90 Å². The van der Waals surface area contributed by atoms with Crippen molar-refractivity contribution >= 4 is 27.3 Å². The number of thiophene rings is 1. The van der Waals surface area contributed by atoms with Crippen LogP contribution >= 0.6 is 11.3 Å². The van der Waals surface area contributed by atoms with E-state index in [0.717, 1.165) is 12.8 Å². The van der Waals surface area contributed by atoms with E-state index >= 15 is 0 Å². The zero-order chi connectivity index (χ0) is 20.3. The predicted octanol–water partition coefficient (Wildman–Crippen LogP) is 3.78. The topological polar surface area (TPSA) is 66.5 Å². The summed E-state index contributed by atoms with van der Waals surface area (Å²) in [4.78, 5) is 12.7. The summed E-state index contributed by atoms with van der Waals surface area (Å²) in [7, 11) is -3.52. The summed E-state index contributed by atoms with van der Waals surface area (Å²) in [6.45, 7) is 7.24. The molecule has 1 aromatic carbocycles. The number of carbonyl (C=O) groups excluding carboxylic acids is 1. The Morgan fingerprint density at radius 1 is 1.18 bits per heavy atom. The van der Waals surface area contributed by atoms with E-state index < -0.39 is 10.0 Å². The number of carbonyl (C=O) groups is 1. The lowest BCUT2D eigenvalue weighted by atomic mass is 9.94. The molecule has 0 saturated carbocycles. The molecule has 3 rings (SSSR count). The fourth-order valence-corrected chi connectivity index (χ4v) is 6.21. The Balaban J connectivity index is 1.66. The number of benzene rings is 1. The summed E-state index contributed by atoms with van der Waals surface area (Å²) >= 11 is 1.64. The molecule has 1 amide bonds. The van der Waals surface area contributed by atoms with Crippen LogP contribution in [0.15, 0.2) is 46.0 Å². The third kappa shape index (κ3) is 5.01. The van der Waals surface area contributed by atoms with Gasteiger partial charge in [-0.1, -0.05) is 13.8 Å². The van der Waals surface area contributed by atoms with Crippen molar-refractivity contribution in [2.45, 2.75) is 44.6 Å². The lowest BCUT2D eigenvalue weighted by Gasteiger charge is -2.34. The van der Waals surface area contributed by atoms with Crippen LogP contribution in [0.25, 0.3) is 0 Å². The summed E-state index contributed by atoms with van der Waals surface area (Å²) in [6, 6.07) is 8.32. The number of piperidine rings is 1. The molecule has 1 aromatic heterocycles. The van der Waals surface area contributed by atoms with Crippen molar-refractivity contribution in [1.82, 2.24) is 9.62 Å². The van der Waals surface area contributed by atoms with Crippen molar-refractivity contribution in [2.75, 3.05) is 13.1 Å². The maximum Gasteiger partial charge on any atom is 0.251 e. The fraction of sp³-hybridized carbons (Fsp3) is 0.476. The van der Waals surface area contributed by atoms with Crippen molar-refractivity contribution < 1.29 is 13.2 Å². The van der Waals surface area contributed by atoms with Crippen molar-refractivity contribution in [3.05, 3.63) is 52.2 Å². The SMILES string of the molecule is CC1CC(C)CN(S(=O)(=O)c2ccc(C(=O)NC(C)Cc3ccsc3)cc2)C1.